The number of hydrogen-bond donors (Lipinski definition) is 4. The number of allylic oxidation sites excluding steroid dienone is 8. The molecular formula is C32H20N8O6S2. The number of fused-ring (bicyclic) bond motifs is 18. The second-order valence-corrected chi connectivity index (χ2v) is 14.2. The molecule has 4 N–H and O–H groups in total. The van der Waals surface area contributed by atoms with Gasteiger partial charge < -0.3 is 9.97 Å². The van der Waals surface area contributed by atoms with E-state index in [1.807, 2.05) is 48.6 Å². The lowest BCUT2D eigenvalue weighted by Crippen LogP contribution is -2.16. The quantitative estimate of drug-likeness (QED) is 0.199. The predicted octanol–water partition coefficient (Wildman–Crippen LogP) is 2.69. The van der Waals surface area contributed by atoms with Crippen LogP contribution >= 0.6 is 0 Å². The third-order valence-electron chi connectivity index (χ3n) is 8.55. The first-order chi connectivity index (χ1) is 23.0. The number of rotatable bonds is 2. The van der Waals surface area contributed by atoms with Crippen molar-refractivity contribution >= 4 is 53.4 Å². The van der Waals surface area contributed by atoms with Gasteiger partial charge in [0, 0.05) is 33.0 Å². The first kappa shape index (κ1) is 28.5. The Hall–Kier alpha value is -5.68. The zero-order chi connectivity index (χ0) is 32.9. The molecule has 14 nitrogen and oxygen atoms in total. The Labute approximate surface area is 270 Å². The zero-order valence-electron chi connectivity index (χ0n) is 24.3. The van der Waals surface area contributed by atoms with Gasteiger partial charge in [-0.05, 0) is 12.1 Å². The lowest BCUT2D eigenvalue weighted by Gasteiger charge is -2.17. The van der Waals surface area contributed by atoms with Gasteiger partial charge in [0.1, 0.15) is 33.3 Å². The molecule has 5 heterocycles. The number of benzene rings is 2. The molecular weight excluding hydrogens is 657 g/mol. The highest BCUT2D eigenvalue weighted by atomic mass is 32.2. The number of nitrogens with one attached hydrogen (secondary N) is 2. The lowest BCUT2D eigenvalue weighted by molar-refractivity contribution is 0.483. The highest BCUT2D eigenvalue weighted by Gasteiger charge is 2.37. The van der Waals surface area contributed by atoms with Crippen LogP contribution < -0.4 is 11.0 Å². The van der Waals surface area contributed by atoms with Crippen LogP contribution in [0.25, 0.3) is 56.0 Å². The largest absolute Gasteiger partial charge is 0.327 e. The summed E-state index contributed by atoms with van der Waals surface area (Å²) in [6.45, 7) is 0. The minimum atomic E-state index is -4.73. The first-order valence-corrected chi connectivity index (χ1v) is 17.4. The van der Waals surface area contributed by atoms with Crippen LogP contribution in [-0.4, -0.2) is 65.8 Å². The van der Waals surface area contributed by atoms with Crippen LogP contribution in [0, 0.1) is 0 Å². The van der Waals surface area contributed by atoms with Crippen molar-refractivity contribution in [2.75, 3.05) is 0 Å². The van der Waals surface area contributed by atoms with Gasteiger partial charge in [-0.1, -0.05) is 72.9 Å². The molecule has 48 heavy (non-hydrogen) atoms. The normalized spacial score (nSPS) is 18.8. The molecule has 3 aliphatic heterocycles. The monoisotopic (exact) mass is 676 g/mol. The summed E-state index contributed by atoms with van der Waals surface area (Å²) in [6, 6.07) is 11.6. The van der Waals surface area contributed by atoms with Crippen molar-refractivity contribution < 1.29 is 25.9 Å². The fourth-order valence-electron chi connectivity index (χ4n) is 6.49. The molecule has 2 unspecified atom stereocenters. The van der Waals surface area contributed by atoms with Crippen LogP contribution in [-0.2, 0) is 20.2 Å². The number of aromatic nitrogens is 8. The van der Waals surface area contributed by atoms with Crippen molar-refractivity contribution in [2.24, 2.45) is 0 Å². The van der Waals surface area contributed by atoms with E-state index in [2.05, 4.69) is 15.0 Å². The summed E-state index contributed by atoms with van der Waals surface area (Å²) in [6.07, 6.45) is 11.9. The highest BCUT2D eigenvalue weighted by molar-refractivity contribution is 7.89. The van der Waals surface area contributed by atoms with E-state index in [1.54, 1.807) is 12.1 Å². The van der Waals surface area contributed by atoms with Crippen molar-refractivity contribution in [3.63, 3.8) is 0 Å². The third-order valence-corrected chi connectivity index (χ3v) is 10.4. The molecule has 2 aliphatic carbocycles. The van der Waals surface area contributed by atoms with E-state index in [-0.39, 0.29) is 50.0 Å². The molecule has 5 aliphatic rings. The van der Waals surface area contributed by atoms with Crippen LogP contribution in [0.1, 0.15) is 23.5 Å². The van der Waals surface area contributed by atoms with Crippen molar-refractivity contribution in [3.8, 4) is 22.8 Å². The molecule has 0 fully saturated rings. The highest BCUT2D eigenvalue weighted by Crippen LogP contribution is 2.39. The van der Waals surface area contributed by atoms with E-state index in [4.69, 9.17) is 24.9 Å². The maximum atomic E-state index is 12.6. The van der Waals surface area contributed by atoms with Crippen molar-refractivity contribution in [3.05, 3.63) is 113 Å². The predicted molar refractivity (Wildman–Crippen MR) is 174 cm³/mol. The third kappa shape index (κ3) is 4.31. The fraction of sp³-hybridized carbons (Fsp3) is 0.0625. The minimum Gasteiger partial charge on any atom is -0.327 e. The van der Waals surface area contributed by atoms with Gasteiger partial charge in [-0.15, -0.1) is 0 Å². The van der Waals surface area contributed by atoms with E-state index < -0.39 is 31.0 Å². The topological polar surface area (TPSA) is 218 Å². The van der Waals surface area contributed by atoms with E-state index in [9.17, 15) is 25.9 Å². The summed E-state index contributed by atoms with van der Waals surface area (Å²) in [5, 5.41) is 0.345. The molecule has 4 aromatic rings. The molecule has 8 bridgehead atoms. The second-order valence-electron chi connectivity index (χ2n) is 11.3. The molecule has 2 atom stereocenters. The number of H-pyrrole nitrogens is 2. The summed E-state index contributed by atoms with van der Waals surface area (Å²) >= 11 is 0. The van der Waals surface area contributed by atoms with E-state index >= 15 is 0 Å². The van der Waals surface area contributed by atoms with Gasteiger partial charge in [0.2, 0.25) is 0 Å². The Kier molecular flexibility index (Phi) is 5.89. The number of aromatic amines is 2. The van der Waals surface area contributed by atoms with Gasteiger partial charge >= 0.3 is 0 Å². The Bertz CT molecular complexity index is 2870. The molecule has 2 aromatic carbocycles. The average Bonchev–Trinajstić information content (AvgIpc) is 3.79. The molecule has 2 aromatic heterocycles. The SMILES string of the molecule is O=S(=O)(O)C1=CC=CC2=c3nc(nc4[nH]c(nc5nc(nc6[nH]c(n3)c3cccc(S(=O)(=O)O)c63)-c3ccccc3-5)=C3C=CC=CC34)C12. The lowest BCUT2D eigenvalue weighted by atomic mass is 9.94. The summed E-state index contributed by atoms with van der Waals surface area (Å²) in [5.74, 6) is -0.412. The summed E-state index contributed by atoms with van der Waals surface area (Å²) in [7, 11) is -9.42. The van der Waals surface area contributed by atoms with E-state index in [0.29, 0.717) is 33.8 Å². The Balaban J connectivity index is 1.50. The summed E-state index contributed by atoms with van der Waals surface area (Å²) < 4.78 is 70.8. The van der Waals surface area contributed by atoms with Gasteiger partial charge in [0.15, 0.2) is 17.1 Å². The van der Waals surface area contributed by atoms with Crippen molar-refractivity contribution in [2.45, 2.75) is 16.7 Å². The van der Waals surface area contributed by atoms with Crippen LogP contribution in [0.4, 0.5) is 0 Å². The van der Waals surface area contributed by atoms with Crippen molar-refractivity contribution in [1.29, 1.82) is 0 Å². The van der Waals surface area contributed by atoms with Gasteiger partial charge in [-0.25, -0.2) is 29.9 Å². The average molecular weight is 677 g/mol. The van der Waals surface area contributed by atoms with Crippen LogP contribution in [0.5, 0.6) is 0 Å². The number of nitrogens with zero attached hydrogens (tertiary/aromatic N) is 6. The Morgan fingerprint density at radius 1 is 0.688 bits per heavy atom. The smallest absolute Gasteiger partial charge is 0.295 e. The molecule has 0 radical (unpaired) electrons. The van der Waals surface area contributed by atoms with Crippen LogP contribution in [0.2, 0.25) is 0 Å². The van der Waals surface area contributed by atoms with E-state index in [1.165, 1.54) is 24.3 Å². The minimum absolute atomic E-state index is 0.0441. The van der Waals surface area contributed by atoms with Gasteiger partial charge in [-0.3, -0.25) is 9.11 Å². The molecule has 9 rings (SSSR count). The summed E-state index contributed by atoms with van der Waals surface area (Å²) in [5.41, 5.74) is 3.14. The second kappa shape index (κ2) is 9.91. The molecule has 0 amide bonds. The Morgan fingerprint density at radius 2 is 1.46 bits per heavy atom. The maximum Gasteiger partial charge on any atom is 0.295 e. The number of hydrogen-bond acceptors (Lipinski definition) is 10. The summed E-state index contributed by atoms with van der Waals surface area (Å²) in [4.78, 5) is 34.2. The molecule has 0 saturated heterocycles. The molecule has 16 heteroatoms. The zero-order valence-corrected chi connectivity index (χ0v) is 25.9. The first-order valence-electron chi connectivity index (χ1n) is 14.5. The van der Waals surface area contributed by atoms with E-state index in [0.717, 1.165) is 5.57 Å². The Morgan fingerprint density at radius 3 is 2.23 bits per heavy atom. The van der Waals surface area contributed by atoms with Gasteiger partial charge in [-0.2, -0.15) is 16.8 Å². The fourth-order valence-corrected chi connectivity index (χ4v) is 7.98. The van der Waals surface area contributed by atoms with Gasteiger partial charge in [0.25, 0.3) is 20.2 Å². The molecule has 236 valence electrons. The molecule has 0 spiro atoms. The maximum absolute atomic E-state index is 12.6. The standard InChI is InChI=1S/C32H20N8O6S2/c41-47(42,43)21-13-5-11-19-23(21)31-37-27-17-9-3-1-7-15(17)25(34-27)33-26-16-8-2-4-10-18(16)28(35-26)38-32-24-20(30(40-32)36-29(19)39-31)12-6-14-22(24)48(44,45)46/h1-14,17,23H,(H,34,37,39)(H,41,42,43)(H,44,45,46)(H,33,35,36,38,40). The van der Waals surface area contributed by atoms with Crippen molar-refractivity contribution in [1.82, 2.24) is 39.9 Å². The van der Waals surface area contributed by atoms with Gasteiger partial charge in [0.05, 0.1) is 16.7 Å². The molecule has 0 saturated carbocycles. The van der Waals surface area contributed by atoms with Crippen LogP contribution in [0.3, 0.4) is 0 Å². The van der Waals surface area contributed by atoms with Crippen LogP contribution in [0.15, 0.2) is 94.8 Å².